The van der Waals surface area contributed by atoms with Crippen LogP contribution in [0.5, 0.6) is 5.75 Å². The molecular formula is C16H23BrFNO2. The van der Waals surface area contributed by atoms with Gasteiger partial charge in [0.2, 0.25) is 0 Å². The molecule has 0 saturated carbocycles. The second-order valence-corrected chi connectivity index (χ2v) is 6.43. The number of halogens is 2. The Morgan fingerprint density at radius 1 is 1.52 bits per heavy atom. The fourth-order valence-corrected chi connectivity index (χ4v) is 3.24. The summed E-state index contributed by atoms with van der Waals surface area (Å²) in [5.74, 6) is 0.655. The first-order chi connectivity index (χ1) is 10.1. The summed E-state index contributed by atoms with van der Waals surface area (Å²) in [7, 11) is 1.58. The molecule has 2 rings (SSSR count). The van der Waals surface area contributed by atoms with E-state index in [4.69, 9.17) is 9.47 Å². The first-order valence-corrected chi connectivity index (χ1v) is 8.24. The van der Waals surface area contributed by atoms with Gasteiger partial charge >= 0.3 is 0 Å². The van der Waals surface area contributed by atoms with Crippen LogP contribution in [0.4, 0.5) is 4.39 Å². The molecule has 3 unspecified atom stereocenters. The molecular weight excluding hydrogens is 337 g/mol. The molecule has 1 fully saturated rings. The van der Waals surface area contributed by atoms with Crippen LogP contribution >= 0.6 is 15.9 Å². The van der Waals surface area contributed by atoms with Crippen molar-refractivity contribution in [2.24, 2.45) is 5.92 Å². The molecule has 3 nitrogen and oxygen atoms in total. The van der Waals surface area contributed by atoms with Crippen molar-refractivity contribution < 1.29 is 13.9 Å². The highest BCUT2D eigenvalue weighted by molar-refractivity contribution is 9.10. The predicted molar refractivity (Wildman–Crippen MR) is 85.2 cm³/mol. The molecule has 1 aliphatic heterocycles. The summed E-state index contributed by atoms with van der Waals surface area (Å²) in [4.78, 5) is 0. The van der Waals surface area contributed by atoms with Crippen LogP contribution in [0.3, 0.4) is 0 Å². The van der Waals surface area contributed by atoms with Crippen LogP contribution in [-0.2, 0) is 4.74 Å². The molecule has 0 radical (unpaired) electrons. The lowest BCUT2D eigenvalue weighted by atomic mass is 9.90. The summed E-state index contributed by atoms with van der Waals surface area (Å²) in [6, 6.07) is 3.38. The SMILES string of the molecule is CCCNC(c1cc(Br)c(F)cc1OC)C1COC(C)C1. The zero-order valence-corrected chi connectivity index (χ0v) is 14.4. The first-order valence-electron chi connectivity index (χ1n) is 7.44. The maximum absolute atomic E-state index is 13.7. The molecule has 1 saturated heterocycles. The molecule has 1 heterocycles. The highest BCUT2D eigenvalue weighted by Gasteiger charge is 2.32. The van der Waals surface area contributed by atoms with Gasteiger partial charge in [0, 0.05) is 23.6 Å². The molecule has 1 aromatic carbocycles. The Balaban J connectivity index is 2.33. The van der Waals surface area contributed by atoms with Crippen molar-refractivity contribution in [2.75, 3.05) is 20.3 Å². The number of methoxy groups -OCH3 is 1. The number of hydrogen-bond donors (Lipinski definition) is 1. The lowest BCUT2D eigenvalue weighted by Gasteiger charge is -2.26. The third kappa shape index (κ3) is 3.96. The molecule has 0 spiro atoms. The zero-order chi connectivity index (χ0) is 15.4. The minimum Gasteiger partial charge on any atom is -0.496 e. The second kappa shape index (κ2) is 7.56. The monoisotopic (exact) mass is 359 g/mol. The predicted octanol–water partition coefficient (Wildman–Crippen LogP) is 4.06. The highest BCUT2D eigenvalue weighted by Crippen LogP contribution is 2.38. The average molecular weight is 360 g/mol. The third-order valence-corrected chi connectivity index (χ3v) is 4.53. The van der Waals surface area contributed by atoms with Crippen LogP contribution in [0, 0.1) is 11.7 Å². The van der Waals surface area contributed by atoms with E-state index < -0.39 is 0 Å². The molecule has 0 aromatic heterocycles. The van der Waals surface area contributed by atoms with Crippen LogP contribution < -0.4 is 10.1 Å². The van der Waals surface area contributed by atoms with E-state index in [0.29, 0.717) is 16.1 Å². The molecule has 0 amide bonds. The molecule has 3 atom stereocenters. The van der Waals surface area contributed by atoms with Crippen LogP contribution in [0.25, 0.3) is 0 Å². The van der Waals surface area contributed by atoms with Gasteiger partial charge in [0.25, 0.3) is 0 Å². The normalized spacial score (nSPS) is 23.3. The average Bonchev–Trinajstić information content (AvgIpc) is 2.89. The van der Waals surface area contributed by atoms with E-state index in [1.54, 1.807) is 7.11 Å². The number of hydrogen-bond acceptors (Lipinski definition) is 3. The van der Waals surface area contributed by atoms with Crippen molar-refractivity contribution in [3.63, 3.8) is 0 Å². The van der Waals surface area contributed by atoms with E-state index in [9.17, 15) is 4.39 Å². The Hall–Kier alpha value is -0.650. The molecule has 1 aromatic rings. The van der Waals surface area contributed by atoms with Gasteiger partial charge < -0.3 is 14.8 Å². The van der Waals surface area contributed by atoms with Crippen molar-refractivity contribution in [3.05, 3.63) is 28.0 Å². The van der Waals surface area contributed by atoms with Crippen molar-refractivity contribution >= 4 is 15.9 Å². The Labute approximate surface area is 134 Å². The van der Waals surface area contributed by atoms with Crippen molar-refractivity contribution in [1.29, 1.82) is 0 Å². The van der Waals surface area contributed by atoms with Gasteiger partial charge in [-0.1, -0.05) is 6.92 Å². The quantitative estimate of drug-likeness (QED) is 0.830. The molecule has 21 heavy (non-hydrogen) atoms. The van der Waals surface area contributed by atoms with Crippen molar-refractivity contribution in [1.82, 2.24) is 5.32 Å². The van der Waals surface area contributed by atoms with E-state index in [0.717, 1.165) is 31.6 Å². The van der Waals surface area contributed by atoms with E-state index in [1.165, 1.54) is 6.07 Å². The third-order valence-electron chi connectivity index (χ3n) is 3.92. The van der Waals surface area contributed by atoms with Gasteiger partial charge in [0.05, 0.1) is 24.3 Å². The molecule has 1 N–H and O–H groups in total. The lowest BCUT2D eigenvalue weighted by molar-refractivity contribution is 0.116. The van der Waals surface area contributed by atoms with E-state index in [1.807, 2.05) is 6.07 Å². The van der Waals surface area contributed by atoms with Crippen molar-refractivity contribution in [3.8, 4) is 5.75 Å². The summed E-state index contributed by atoms with van der Waals surface area (Å²) < 4.78 is 25.3. The summed E-state index contributed by atoms with van der Waals surface area (Å²) in [6.45, 7) is 5.86. The standard InChI is InChI=1S/C16H23BrFNO2/c1-4-5-19-16(11-6-10(2)21-9-11)12-7-13(17)14(18)8-15(12)20-3/h7-8,10-11,16,19H,4-6,9H2,1-3H3. The lowest BCUT2D eigenvalue weighted by Crippen LogP contribution is -2.30. The van der Waals surface area contributed by atoms with Gasteiger partial charge in [-0.25, -0.2) is 4.39 Å². The van der Waals surface area contributed by atoms with Gasteiger partial charge in [0.15, 0.2) is 0 Å². The van der Waals surface area contributed by atoms with Crippen LogP contribution in [-0.4, -0.2) is 26.4 Å². The summed E-state index contributed by atoms with van der Waals surface area (Å²) in [5, 5.41) is 3.57. The molecule has 5 heteroatoms. The van der Waals surface area contributed by atoms with Gasteiger partial charge in [-0.05, 0) is 48.3 Å². The highest BCUT2D eigenvalue weighted by atomic mass is 79.9. The summed E-state index contributed by atoms with van der Waals surface area (Å²) >= 11 is 3.28. The molecule has 0 bridgehead atoms. The molecule has 0 aliphatic carbocycles. The number of benzene rings is 1. The van der Waals surface area contributed by atoms with Gasteiger partial charge in [-0.2, -0.15) is 0 Å². The summed E-state index contributed by atoms with van der Waals surface area (Å²) in [5.41, 5.74) is 0.988. The smallest absolute Gasteiger partial charge is 0.141 e. The van der Waals surface area contributed by atoms with E-state index >= 15 is 0 Å². The number of ether oxygens (including phenoxy) is 2. The Morgan fingerprint density at radius 2 is 2.29 bits per heavy atom. The number of rotatable bonds is 6. The van der Waals surface area contributed by atoms with Crippen LogP contribution in [0.1, 0.15) is 38.3 Å². The van der Waals surface area contributed by atoms with Gasteiger partial charge in [0.1, 0.15) is 11.6 Å². The fourth-order valence-electron chi connectivity index (χ4n) is 2.88. The maximum atomic E-state index is 13.7. The minimum atomic E-state index is -0.305. The first kappa shape index (κ1) is 16.7. The van der Waals surface area contributed by atoms with Gasteiger partial charge in [-0.15, -0.1) is 0 Å². The Kier molecular flexibility index (Phi) is 6.02. The molecule has 1 aliphatic rings. The minimum absolute atomic E-state index is 0.113. The Bertz CT molecular complexity index is 484. The van der Waals surface area contributed by atoms with Crippen LogP contribution in [0.2, 0.25) is 0 Å². The van der Waals surface area contributed by atoms with E-state index in [-0.39, 0.29) is 18.0 Å². The largest absolute Gasteiger partial charge is 0.496 e. The van der Waals surface area contributed by atoms with Crippen LogP contribution in [0.15, 0.2) is 16.6 Å². The van der Waals surface area contributed by atoms with Crippen molar-refractivity contribution in [2.45, 2.75) is 38.8 Å². The second-order valence-electron chi connectivity index (χ2n) is 5.58. The summed E-state index contributed by atoms with van der Waals surface area (Å²) in [6.07, 6.45) is 2.32. The number of nitrogens with one attached hydrogen (secondary N) is 1. The Morgan fingerprint density at radius 3 is 2.86 bits per heavy atom. The topological polar surface area (TPSA) is 30.5 Å². The van der Waals surface area contributed by atoms with Gasteiger partial charge in [-0.3, -0.25) is 0 Å². The zero-order valence-electron chi connectivity index (χ0n) is 12.8. The molecule has 118 valence electrons. The maximum Gasteiger partial charge on any atom is 0.141 e. The fraction of sp³-hybridized carbons (Fsp3) is 0.625. The van der Waals surface area contributed by atoms with E-state index in [2.05, 4.69) is 35.1 Å².